The summed E-state index contributed by atoms with van der Waals surface area (Å²) in [6.45, 7) is 10.7. The molecule has 2 rings (SSSR count). The van der Waals surface area contributed by atoms with Crippen LogP contribution in [0.4, 0.5) is 0 Å². The fourth-order valence-electron chi connectivity index (χ4n) is 5.01. The minimum atomic E-state index is -3.77. The molecule has 0 saturated heterocycles. The van der Waals surface area contributed by atoms with E-state index < -0.39 is 10.1 Å². The molecule has 0 fully saturated rings. The molecule has 0 N–H and O–H groups in total. The van der Waals surface area contributed by atoms with Gasteiger partial charge < -0.3 is 0 Å². The average molecular weight is 547 g/mol. The van der Waals surface area contributed by atoms with E-state index in [1.54, 1.807) is 12.1 Å². The van der Waals surface area contributed by atoms with Crippen molar-refractivity contribution in [3.63, 3.8) is 0 Å². The summed E-state index contributed by atoms with van der Waals surface area (Å²) in [5.74, 6) is 0. The molecule has 0 aliphatic carbocycles. The van der Waals surface area contributed by atoms with Crippen LogP contribution in [0.5, 0.6) is 0 Å². The quantitative estimate of drug-likeness (QED) is 0.100. The van der Waals surface area contributed by atoms with Crippen LogP contribution in [0.25, 0.3) is 0 Å². The van der Waals surface area contributed by atoms with Crippen LogP contribution in [0, 0.1) is 27.7 Å². The highest BCUT2D eigenvalue weighted by atomic mass is 32.2. The molecule has 2 atom stereocenters. The number of benzene rings is 2. The van der Waals surface area contributed by atoms with Crippen LogP contribution in [-0.2, 0) is 14.3 Å². The number of unbranched alkanes of at least 4 members (excludes halogenated alkanes) is 11. The zero-order valence-electron chi connectivity index (χ0n) is 24.1. The van der Waals surface area contributed by atoms with Crippen molar-refractivity contribution in [2.75, 3.05) is 6.16 Å². The zero-order chi connectivity index (χ0) is 27.1. The molecule has 2 aromatic rings. The molecular formula is C32H51O3PS. The van der Waals surface area contributed by atoms with Gasteiger partial charge in [-0.1, -0.05) is 128 Å². The van der Waals surface area contributed by atoms with Crippen molar-refractivity contribution < 1.29 is 12.6 Å². The highest BCUT2D eigenvalue weighted by Gasteiger charge is 2.22. The van der Waals surface area contributed by atoms with Gasteiger partial charge in [0.05, 0.1) is 11.0 Å². The minimum absolute atomic E-state index is 0.254. The van der Waals surface area contributed by atoms with E-state index in [-0.39, 0.29) is 11.0 Å². The summed E-state index contributed by atoms with van der Waals surface area (Å²) in [5.41, 5.74) is 4.90. The van der Waals surface area contributed by atoms with E-state index in [9.17, 15) is 8.42 Å². The Kier molecular flexibility index (Phi) is 15.0. The van der Waals surface area contributed by atoms with Crippen molar-refractivity contribution in [1.82, 2.24) is 0 Å². The molecule has 0 aromatic heterocycles. The van der Waals surface area contributed by atoms with Crippen molar-refractivity contribution in [2.45, 2.75) is 129 Å². The second kappa shape index (κ2) is 17.4. The molecule has 0 amide bonds. The average Bonchev–Trinajstić information content (AvgIpc) is 2.84. The van der Waals surface area contributed by atoms with Crippen LogP contribution in [-0.4, -0.2) is 20.7 Å². The summed E-state index contributed by atoms with van der Waals surface area (Å²) in [6, 6.07) is 11.4. The van der Waals surface area contributed by atoms with E-state index in [4.69, 9.17) is 4.18 Å². The number of aryl methyl sites for hydroxylation is 4. The molecule has 0 spiro atoms. The fourth-order valence-corrected chi connectivity index (χ4v) is 7.66. The summed E-state index contributed by atoms with van der Waals surface area (Å²) in [5, 5.41) is 1.35. The second-order valence-corrected chi connectivity index (χ2v) is 13.7. The highest BCUT2D eigenvalue weighted by molar-refractivity contribution is 7.86. The first-order valence-electron chi connectivity index (χ1n) is 14.5. The summed E-state index contributed by atoms with van der Waals surface area (Å²) in [7, 11) is -3.23. The normalized spacial score (nSPS) is 13.0. The maximum Gasteiger partial charge on any atom is 0.297 e. The molecule has 0 heterocycles. The lowest BCUT2D eigenvalue weighted by Gasteiger charge is -2.19. The lowest BCUT2D eigenvalue weighted by molar-refractivity contribution is 0.217. The van der Waals surface area contributed by atoms with Crippen molar-refractivity contribution in [3.05, 3.63) is 58.7 Å². The lowest BCUT2D eigenvalue weighted by atomic mass is 10.0. The SMILES string of the molecule is CCCCCCCCCCCCCCC(CPc1c(C)cc(C)cc1C)OS(=O)(=O)c1ccc(C)cc1. The first-order chi connectivity index (χ1) is 17.7. The van der Waals surface area contributed by atoms with E-state index >= 15 is 0 Å². The molecule has 0 aliphatic rings. The first kappa shape index (κ1) is 32.0. The fraction of sp³-hybridized carbons (Fsp3) is 0.625. The van der Waals surface area contributed by atoms with Gasteiger partial charge in [0.1, 0.15) is 0 Å². The molecule has 2 aromatic carbocycles. The highest BCUT2D eigenvalue weighted by Crippen LogP contribution is 2.25. The molecule has 37 heavy (non-hydrogen) atoms. The van der Waals surface area contributed by atoms with E-state index in [1.165, 1.54) is 86.2 Å². The Balaban J connectivity index is 1.85. The smallest absolute Gasteiger partial charge is 0.263 e. The first-order valence-corrected chi connectivity index (χ1v) is 17.2. The van der Waals surface area contributed by atoms with Crippen LogP contribution >= 0.6 is 8.58 Å². The Morgan fingerprint density at radius 1 is 0.703 bits per heavy atom. The predicted octanol–water partition coefficient (Wildman–Crippen LogP) is 9.09. The van der Waals surface area contributed by atoms with Gasteiger partial charge in [-0.2, -0.15) is 8.42 Å². The van der Waals surface area contributed by atoms with Crippen molar-refractivity contribution in [2.24, 2.45) is 0 Å². The van der Waals surface area contributed by atoms with Gasteiger partial charge in [-0.05, 0) is 68.8 Å². The zero-order valence-corrected chi connectivity index (χ0v) is 25.9. The minimum Gasteiger partial charge on any atom is -0.263 e. The predicted molar refractivity (Wildman–Crippen MR) is 162 cm³/mol. The number of hydrogen-bond donors (Lipinski definition) is 0. The monoisotopic (exact) mass is 546 g/mol. The molecule has 0 radical (unpaired) electrons. The summed E-state index contributed by atoms with van der Waals surface area (Å²) < 4.78 is 32.0. The molecule has 2 unspecified atom stereocenters. The summed E-state index contributed by atoms with van der Waals surface area (Å²) in [4.78, 5) is 0.254. The molecular weight excluding hydrogens is 495 g/mol. The van der Waals surface area contributed by atoms with Crippen LogP contribution in [0.1, 0.15) is 113 Å². The Labute approximate surface area is 230 Å². The summed E-state index contributed by atoms with van der Waals surface area (Å²) in [6.07, 6.45) is 16.8. The Hall–Kier alpha value is -1.22. The van der Waals surface area contributed by atoms with Gasteiger partial charge in [-0.15, -0.1) is 0 Å². The third kappa shape index (κ3) is 12.5. The largest absolute Gasteiger partial charge is 0.297 e. The lowest BCUT2D eigenvalue weighted by Crippen LogP contribution is -2.22. The van der Waals surface area contributed by atoms with Gasteiger partial charge >= 0.3 is 0 Å². The van der Waals surface area contributed by atoms with Crippen molar-refractivity contribution in [1.29, 1.82) is 0 Å². The Morgan fingerprint density at radius 2 is 1.19 bits per heavy atom. The van der Waals surface area contributed by atoms with Gasteiger partial charge in [0, 0.05) is 0 Å². The molecule has 5 heteroatoms. The van der Waals surface area contributed by atoms with Crippen LogP contribution in [0.2, 0.25) is 0 Å². The molecule has 3 nitrogen and oxygen atoms in total. The topological polar surface area (TPSA) is 43.4 Å². The van der Waals surface area contributed by atoms with Gasteiger partial charge in [0.2, 0.25) is 0 Å². The molecule has 0 aliphatic heterocycles. The number of hydrogen-bond acceptors (Lipinski definition) is 3. The maximum atomic E-state index is 13.0. The number of rotatable bonds is 19. The van der Waals surface area contributed by atoms with Crippen LogP contribution < -0.4 is 5.30 Å². The van der Waals surface area contributed by atoms with Crippen LogP contribution in [0.15, 0.2) is 41.3 Å². The van der Waals surface area contributed by atoms with Crippen LogP contribution in [0.3, 0.4) is 0 Å². The standard InChI is InChI=1S/C32H51O3PS/c1-6-7-8-9-10-11-12-13-14-15-16-17-18-30(25-36-32-28(4)23-27(3)24-29(32)5)35-37(33,34)31-21-19-26(2)20-22-31/h19-24,30,36H,6-18,25H2,1-5H3. The molecule has 0 saturated carbocycles. The van der Waals surface area contributed by atoms with E-state index in [0.29, 0.717) is 8.58 Å². The maximum absolute atomic E-state index is 13.0. The second-order valence-electron chi connectivity index (χ2n) is 10.8. The molecule has 0 bridgehead atoms. The van der Waals surface area contributed by atoms with Gasteiger partial charge in [-0.3, -0.25) is 4.18 Å². The third-order valence-electron chi connectivity index (χ3n) is 7.14. The van der Waals surface area contributed by atoms with E-state index in [2.05, 4.69) is 39.8 Å². The van der Waals surface area contributed by atoms with Crippen molar-refractivity contribution >= 4 is 24.0 Å². The molecule has 208 valence electrons. The Bertz CT molecular complexity index is 992. The van der Waals surface area contributed by atoms with Gasteiger partial charge in [0.15, 0.2) is 0 Å². The van der Waals surface area contributed by atoms with Crippen molar-refractivity contribution in [3.8, 4) is 0 Å². The summed E-state index contributed by atoms with van der Waals surface area (Å²) >= 11 is 0. The van der Waals surface area contributed by atoms with Gasteiger partial charge in [0.25, 0.3) is 10.1 Å². The van der Waals surface area contributed by atoms with E-state index in [1.807, 2.05) is 19.1 Å². The Morgan fingerprint density at radius 3 is 1.70 bits per heavy atom. The van der Waals surface area contributed by atoms with Gasteiger partial charge in [-0.25, -0.2) is 0 Å². The van der Waals surface area contributed by atoms with E-state index in [0.717, 1.165) is 31.0 Å². The third-order valence-corrected chi connectivity index (χ3v) is 10.3.